The van der Waals surface area contributed by atoms with Gasteiger partial charge in [-0.3, -0.25) is 0 Å². The minimum Gasteiger partial charge on any atom is -0.0776 e. The maximum absolute atomic E-state index is 2.26. The van der Waals surface area contributed by atoms with Crippen LogP contribution in [-0.2, 0) is 12.8 Å². The fraction of sp³-hybridized carbons (Fsp3) is 0.667. The lowest BCUT2D eigenvalue weighted by Crippen LogP contribution is -2.00. The Morgan fingerprint density at radius 2 is 1.06 bits per heavy atom. The van der Waals surface area contributed by atoms with E-state index < -0.39 is 0 Å². The van der Waals surface area contributed by atoms with Crippen LogP contribution in [0.5, 0.6) is 0 Å². The summed E-state index contributed by atoms with van der Waals surface area (Å²) in [6.07, 6.45) is 5.38. The maximum Gasteiger partial charge on any atom is -0.0276 e. The number of rotatable bonds is 0. The van der Waals surface area contributed by atoms with E-state index in [1.807, 2.05) is 13.8 Å². The van der Waals surface area contributed by atoms with Crippen LogP contribution in [0, 0.1) is 5.92 Å². The third-order valence-corrected chi connectivity index (χ3v) is 2.26. The van der Waals surface area contributed by atoms with Crippen LogP contribution in [0.4, 0.5) is 0 Å². The van der Waals surface area contributed by atoms with Gasteiger partial charge in [0.25, 0.3) is 0 Å². The molecule has 0 heteroatoms. The van der Waals surface area contributed by atoms with E-state index in [0.29, 0.717) is 0 Å². The molecule has 0 nitrogen and oxygen atoms in total. The van der Waals surface area contributed by atoms with E-state index in [0.717, 1.165) is 5.92 Å². The summed E-state index contributed by atoms with van der Waals surface area (Å²) in [6.45, 7) is 10.5. The van der Waals surface area contributed by atoms with Crippen LogP contribution in [-0.4, -0.2) is 0 Å². The van der Waals surface area contributed by atoms with Crippen molar-refractivity contribution in [3.05, 3.63) is 35.4 Å². The number of aryl methyl sites for hydroxylation is 2. The van der Waals surface area contributed by atoms with Crippen molar-refractivity contribution in [2.45, 2.75) is 75.2 Å². The molecule has 0 heterocycles. The molecule has 0 radical (unpaired) electrons. The van der Waals surface area contributed by atoms with Gasteiger partial charge in [0.05, 0.1) is 0 Å². The largest absolute Gasteiger partial charge is 0.0776 e. The Morgan fingerprint density at radius 3 is 1.33 bits per heavy atom. The van der Waals surface area contributed by atoms with Crippen LogP contribution < -0.4 is 0 Å². The van der Waals surface area contributed by atoms with Crippen LogP contribution in [0.3, 0.4) is 0 Å². The number of hydrogen-bond acceptors (Lipinski definition) is 0. The lowest BCUT2D eigenvalue weighted by Gasteiger charge is -2.13. The molecule has 0 fully saturated rings. The van der Waals surface area contributed by atoms with E-state index in [2.05, 4.69) is 45.0 Å². The Morgan fingerprint density at radius 1 is 0.778 bits per heavy atom. The summed E-state index contributed by atoms with van der Waals surface area (Å²) in [7, 11) is 0. The van der Waals surface area contributed by atoms with Gasteiger partial charge in [-0.2, -0.15) is 0 Å². The summed E-state index contributed by atoms with van der Waals surface area (Å²) in [5.41, 5.74) is 3.16. The first-order valence-electron chi connectivity index (χ1n) is 6.77. The predicted octanol–water partition coefficient (Wildman–Crippen LogP) is 6.53. The molecule has 0 unspecified atom stereocenters. The molecule has 0 saturated carbocycles. The van der Waals surface area contributed by atoms with E-state index in [1.54, 1.807) is 11.1 Å². The average Bonchev–Trinajstić information content (AvgIpc) is 2.31. The van der Waals surface area contributed by atoms with Gasteiger partial charge in [-0.15, -0.1) is 0 Å². The van der Waals surface area contributed by atoms with E-state index in [4.69, 9.17) is 0 Å². The molecule has 1 aliphatic rings. The predicted molar refractivity (Wildman–Crippen MR) is 88.4 cm³/mol. The second kappa shape index (κ2) is 14.3. The summed E-state index contributed by atoms with van der Waals surface area (Å²) < 4.78 is 0. The van der Waals surface area contributed by atoms with Gasteiger partial charge in [-0.25, -0.2) is 0 Å². The van der Waals surface area contributed by atoms with Crippen LogP contribution in [0.15, 0.2) is 24.3 Å². The molecule has 0 atom stereocenters. The van der Waals surface area contributed by atoms with Crippen molar-refractivity contribution in [2.24, 2.45) is 5.92 Å². The zero-order valence-corrected chi connectivity index (χ0v) is 11.7. The molecule has 0 bridgehead atoms. The molecule has 0 spiro atoms. The number of benzene rings is 1. The SMILES string of the molecule is C.C.CC.CC(C)C.c1ccc2c(c1)CCCC2. The Bertz CT molecular complexity index is 233. The highest BCUT2D eigenvalue weighted by Crippen LogP contribution is 2.19. The molecule has 108 valence electrons. The first kappa shape index (κ1) is 22.4. The van der Waals surface area contributed by atoms with Crippen LogP contribution >= 0.6 is 0 Å². The van der Waals surface area contributed by atoms with Gasteiger partial charge < -0.3 is 0 Å². The van der Waals surface area contributed by atoms with Crippen molar-refractivity contribution in [1.82, 2.24) is 0 Å². The highest BCUT2D eigenvalue weighted by atomic mass is 14.1. The van der Waals surface area contributed by atoms with Gasteiger partial charge in [-0.05, 0) is 42.7 Å². The first-order chi connectivity index (χ1) is 7.70. The van der Waals surface area contributed by atoms with Gasteiger partial charge in [0, 0.05) is 0 Å². The lowest BCUT2D eigenvalue weighted by atomic mass is 9.92. The number of hydrogen-bond donors (Lipinski definition) is 0. The Balaban J connectivity index is -0.000000248. The van der Waals surface area contributed by atoms with Gasteiger partial charge in [0.2, 0.25) is 0 Å². The Kier molecular flexibility index (Phi) is 17.8. The van der Waals surface area contributed by atoms with E-state index in [1.165, 1.54) is 25.7 Å². The van der Waals surface area contributed by atoms with E-state index in [-0.39, 0.29) is 14.9 Å². The maximum atomic E-state index is 2.26. The van der Waals surface area contributed by atoms with Crippen molar-refractivity contribution >= 4 is 0 Å². The summed E-state index contributed by atoms with van der Waals surface area (Å²) >= 11 is 0. The van der Waals surface area contributed by atoms with Crippen molar-refractivity contribution in [3.8, 4) is 0 Å². The Labute approximate surface area is 117 Å². The quantitative estimate of drug-likeness (QED) is 0.492. The molecule has 0 N–H and O–H groups in total. The molecule has 1 aliphatic carbocycles. The summed E-state index contributed by atoms with van der Waals surface area (Å²) in [4.78, 5) is 0. The highest BCUT2D eigenvalue weighted by Gasteiger charge is 2.05. The molecule has 18 heavy (non-hydrogen) atoms. The lowest BCUT2D eigenvalue weighted by molar-refractivity contribution is 0.685. The van der Waals surface area contributed by atoms with Gasteiger partial charge in [-0.1, -0.05) is 73.7 Å². The van der Waals surface area contributed by atoms with E-state index >= 15 is 0 Å². The molecule has 1 aromatic carbocycles. The topological polar surface area (TPSA) is 0 Å². The van der Waals surface area contributed by atoms with Crippen molar-refractivity contribution < 1.29 is 0 Å². The van der Waals surface area contributed by atoms with Crippen molar-refractivity contribution in [3.63, 3.8) is 0 Å². The molecule has 0 saturated heterocycles. The van der Waals surface area contributed by atoms with Crippen LogP contribution in [0.25, 0.3) is 0 Å². The highest BCUT2D eigenvalue weighted by molar-refractivity contribution is 5.28. The fourth-order valence-electron chi connectivity index (χ4n) is 1.68. The molecule has 1 aromatic rings. The zero-order valence-electron chi connectivity index (χ0n) is 11.7. The van der Waals surface area contributed by atoms with Crippen LogP contribution in [0.1, 0.15) is 73.4 Å². The van der Waals surface area contributed by atoms with Gasteiger partial charge in [0.15, 0.2) is 0 Å². The molecular weight excluding hydrogens is 216 g/mol. The zero-order chi connectivity index (χ0) is 12.4. The molecule has 0 aromatic heterocycles. The molecule has 0 aliphatic heterocycles. The second-order valence-corrected chi connectivity index (χ2v) is 4.71. The number of fused-ring (bicyclic) bond motifs is 1. The standard InChI is InChI=1S/C10H12.C4H10.C2H6.2CH4/c1-2-6-10-8-4-3-7-9(10)5-1;1-4(2)3;1-2;;/h1-2,5-6H,3-4,7-8H2;4H,1-3H3;1-2H3;2*1H4. The minimum absolute atomic E-state index is 0. The summed E-state index contributed by atoms with van der Waals surface area (Å²) in [5.74, 6) is 0.833. The molecule has 2 rings (SSSR count). The second-order valence-electron chi connectivity index (χ2n) is 4.71. The smallest absolute Gasteiger partial charge is 0.0276 e. The third-order valence-electron chi connectivity index (χ3n) is 2.26. The molecular formula is C18H36. The van der Waals surface area contributed by atoms with Crippen LogP contribution in [0.2, 0.25) is 0 Å². The first-order valence-corrected chi connectivity index (χ1v) is 6.77. The third kappa shape index (κ3) is 10.4. The van der Waals surface area contributed by atoms with E-state index in [9.17, 15) is 0 Å². The van der Waals surface area contributed by atoms with Gasteiger partial charge >= 0.3 is 0 Å². The van der Waals surface area contributed by atoms with Crippen molar-refractivity contribution in [2.75, 3.05) is 0 Å². The van der Waals surface area contributed by atoms with Crippen molar-refractivity contribution in [1.29, 1.82) is 0 Å². The minimum atomic E-state index is 0. The Hall–Kier alpha value is -0.780. The average molecular weight is 252 g/mol. The summed E-state index contributed by atoms with van der Waals surface area (Å²) in [5, 5.41) is 0. The van der Waals surface area contributed by atoms with Gasteiger partial charge in [0.1, 0.15) is 0 Å². The normalized spacial score (nSPS) is 11.4. The molecule has 0 amide bonds. The monoisotopic (exact) mass is 252 g/mol. The summed E-state index contributed by atoms with van der Waals surface area (Å²) in [6, 6.07) is 8.80. The fourth-order valence-corrected chi connectivity index (χ4v) is 1.68.